The number of benzene rings is 2. The van der Waals surface area contributed by atoms with E-state index in [1.165, 1.54) is 12.1 Å². The van der Waals surface area contributed by atoms with Crippen LogP contribution in [0.3, 0.4) is 0 Å². The lowest BCUT2D eigenvalue weighted by Gasteiger charge is -2.25. The molecule has 9 heteroatoms. The van der Waals surface area contributed by atoms with Crippen LogP contribution in [0, 0.1) is 5.82 Å². The number of nitrogens with zero attached hydrogens (tertiary/aromatic N) is 1. The molecule has 32 heavy (non-hydrogen) atoms. The monoisotopic (exact) mass is 460 g/mol. The smallest absolute Gasteiger partial charge is 0.323 e. The third-order valence-electron chi connectivity index (χ3n) is 5.55. The summed E-state index contributed by atoms with van der Waals surface area (Å²) in [4.78, 5) is 23.8. The van der Waals surface area contributed by atoms with Crippen LogP contribution in [-0.4, -0.2) is 41.3 Å². The van der Waals surface area contributed by atoms with Gasteiger partial charge in [0.2, 0.25) is 0 Å². The van der Waals surface area contributed by atoms with E-state index in [1.807, 2.05) is 0 Å². The quantitative estimate of drug-likeness (QED) is 0.562. The Balaban J connectivity index is 1.50. The molecule has 1 aliphatic rings. The zero-order valence-corrected chi connectivity index (χ0v) is 18.1. The third kappa shape index (κ3) is 4.50. The highest BCUT2D eigenvalue weighted by Gasteiger charge is 2.28. The second kappa shape index (κ2) is 9.08. The van der Waals surface area contributed by atoms with Gasteiger partial charge < -0.3 is 24.5 Å². The lowest BCUT2D eigenvalue weighted by Crippen LogP contribution is -2.41. The zero-order chi connectivity index (χ0) is 22.8. The van der Waals surface area contributed by atoms with Crippen LogP contribution in [-0.2, 0) is 29.0 Å². The number of aromatic nitrogens is 1. The van der Waals surface area contributed by atoms with Crippen LogP contribution in [0.1, 0.15) is 17.7 Å². The van der Waals surface area contributed by atoms with Gasteiger partial charge in [-0.05, 0) is 49.1 Å². The molecule has 7 nitrogen and oxygen atoms in total. The molecule has 0 bridgehead atoms. The second-order valence-electron chi connectivity index (χ2n) is 7.66. The highest BCUT2D eigenvalue weighted by molar-refractivity contribution is 6.35. The number of carboxylic acids is 1. The van der Waals surface area contributed by atoms with E-state index in [0.29, 0.717) is 41.7 Å². The molecule has 1 amide bonds. The number of halogens is 2. The van der Waals surface area contributed by atoms with Gasteiger partial charge in [0.05, 0.1) is 17.6 Å². The minimum atomic E-state index is -1.00. The van der Waals surface area contributed by atoms with Gasteiger partial charge in [-0.2, -0.15) is 0 Å². The second-order valence-corrected chi connectivity index (χ2v) is 8.07. The molecule has 1 atom stereocenters. The van der Waals surface area contributed by atoms with Crippen LogP contribution in [0.25, 0.3) is 10.9 Å². The summed E-state index contributed by atoms with van der Waals surface area (Å²) in [7, 11) is 1.55. The molecule has 168 valence electrons. The lowest BCUT2D eigenvalue weighted by atomic mass is 9.91. The van der Waals surface area contributed by atoms with Crippen molar-refractivity contribution in [2.24, 2.45) is 0 Å². The molecule has 0 aliphatic heterocycles. The van der Waals surface area contributed by atoms with E-state index in [9.17, 15) is 19.1 Å². The number of amides is 1. The molecular weight excluding hydrogens is 439 g/mol. The van der Waals surface area contributed by atoms with E-state index < -0.39 is 11.8 Å². The van der Waals surface area contributed by atoms with Crippen molar-refractivity contribution in [1.29, 1.82) is 0 Å². The fraction of sp³-hybridized carbons (Fsp3) is 0.304. The van der Waals surface area contributed by atoms with Gasteiger partial charge in [-0.1, -0.05) is 17.7 Å². The first-order chi connectivity index (χ1) is 15.4. The summed E-state index contributed by atoms with van der Waals surface area (Å²) in [5, 5.41) is 13.0. The molecule has 0 radical (unpaired) electrons. The number of nitrogens with one attached hydrogen (secondary N) is 1. The van der Waals surface area contributed by atoms with Crippen LogP contribution < -0.4 is 14.8 Å². The Morgan fingerprint density at radius 3 is 2.81 bits per heavy atom. The van der Waals surface area contributed by atoms with Crippen molar-refractivity contribution < 1.29 is 28.6 Å². The molecular formula is C23H22ClFN2O5. The molecule has 1 heterocycles. The summed E-state index contributed by atoms with van der Waals surface area (Å²) in [6.45, 7) is -0.416. The van der Waals surface area contributed by atoms with Crippen molar-refractivity contribution in [1.82, 2.24) is 9.88 Å². The summed E-state index contributed by atoms with van der Waals surface area (Å²) < 4.78 is 26.4. The predicted molar refractivity (Wildman–Crippen MR) is 117 cm³/mol. The first kappa shape index (κ1) is 22.0. The first-order valence-corrected chi connectivity index (χ1v) is 10.5. The van der Waals surface area contributed by atoms with E-state index in [0.717, 1.165) is 11.3 Å². The van der Waals surface area contributed by atoms with Gasteiger partial charge in [-0.25, -0.2) is 4.39 Å². The molecule has 0 saturated carbocycles. The maximum absolute atomic E-state index is 14.1. The van der Waals surface area contributed by atoms with E-state index >= 15 is 0 Å². The van der Waals surface area contributed by atoms with Crippen LogP contribution in [0.5, 0.6) is 11.5 Å². The summed E-state index contributed by atoms with van der Waals surface area (Å²) in [6.07, 6.45) is 1.61. The van der Waals surface area contributed by atoms with Crippen molar-refractivity contribution in [3.63, 3.8) is 0 Å². The number of carboxylic acid groups (broad SMARTS) is 1. The molecule has 2 N–H and O–H groups in total. The van der Waals surface area contributed by atoms with Crippen LogP contribution in [0.15, 0.2) is 36.4 Å². The van der Waals surface area contributed by atoms with Gasteiger partial charge in [0.25, 0.3) is 5.91 Å². The van der Waals surface area contributed by atoms with Crippen molar-refractivity contribution in [2.45, 2.75) is 31.8 Å². The van der Waals surface area contributed by atoms with Gasteiger partial charge >= 0.3 is 5.97 Å². The lowest BCUT2D eigenvalue weighted by molar-refractivity contribution is -0.137. The number of ether oxygens (including phenoxy) is 2. The molecule has 0 saturated heterocycles. The highest BCUT2D eigenvalue weighted by atomic mass is 35.5. The minimum Gasteiger partial charge on any atom is -0.497 e. The number of aliphatic carboxylic acids is 1. The largest absolute Gasteiger partial charge is 0.497 e. The standard InChI is InChI=1S/C23H22ClFN2O5/c1-31-15-3-2-4-16(10-15)32-12-21(28)26-14-5-6-20-17(9-14)18-7-13(25)8-19(24)23(18)27(20)11-22(29)30/h2-4,7-8,10,14H,5-6,9,11-12H2,1H3,(H,26,28)(H,29,30)/t14-/m0/s1. The fourth-order valence-corrected chi connectivity index (χ4v) is 4.55. The van der Waals surface area contributed by atoms with Gasteiger partial charge in [-0.3, -0.25) is 9.59 Å². The number of hydrogen-bond acceptors (Lipinski definition) is 4. The van der Waals surface area contributed by atoms with E-state index in [4.69, 9.17) is 21.1 Å². The number of carbonyl (C=O) groups excluding carboxylic acids is 1. The van der Waals surface area contributed by atoms with E-state index in [-0.39, 0.29) is 30.1 Å². The van der Waals surface area contributed by atoms with Crippen molar-refractivity contribution in [3.8, 4) is 11.5 Å². The van der Waals surface area contributed by atoms with Crippen molar-refractivity contribution in [2.75, 3.05) is 13.7 Å². The highest BCUT2D eigenvalue weighted by Crippen LogP contribution is 2.36. The normalized spacial score (nSPS) is 15.3. The van der Waals surface area contributed by atoms with Crippen molar-refractivity contribution >= 4 is 34.4 Å². The number of rotatable bonds is 7. The predicted octanol–water partition coefficient (Wildman–Crippen LogP) is 3.58. The Bertz CT molecular complexity index is 1190. The molecule has 0 fully saturated rings. The average Bonchev–Trinajstić information content (AvgIpc) is 3.05. The maximum atomic E-state index is 14.1. The Morgan fingerprint density at radius 1 is 1.28 bits per heavy atom. The fourth-order valence-electron chi connectivity index (χ4n) is 4.24. The summed E-state index contributed by atoms with van der Waals surface area (Å²) >= 11 is 6.26. The van der Waals surface area contributed by atoms with Crippen LogP contribution in [0.4, 0.5) is 4.39 Å². The SMILES string of the molecule is COc1cccc(OCC(=O)N[C@H]2CCc3c(c4cc(F)cc(Cl)c4n3CC(=O)O)C2)c1. The van der Waals surface area contributed by atoms with Crippen molar-refractivity contribution in [3.05, 3.63) is 58.5 Å². The Kier molecular flexibility index (Phi) is 6.23. The van der Waals surface area contributed by atoms with Crippen LogP contribution in [0.2, 0.25) is 5.02 Å². The Hall–Kier alpha value is -3.26. The molecule has 0 unspecified atom stereocenters. The average molecular weight is 461 g/mol. The summed E-state index contributed by atoms with van der Waals surface area (Å²) in [6, 6.07) is 9.34. The Morgan fingerprint density at radius 2 is 2.06 bits per heavy atom. The summed E-state index contributed by atoms with van der Waals surface area (Å²) in [5.74, 6) is -0.621. The molecule has 2 aromatic carbocycles. The maximum Gasteiger partial charge on any atom is 0.323 e. The van der Waals surface area contributed by atoms with E-state index in [1.54, 1.807) is 35.9 Å². The number of methoxy groups -OCH3 is 1. The zero-order valence-electron chi connectivity index (χ0n) is 17.4. The van der Waals surface area contributed by atoms with Gasteiger partial charge in [0, 0.05) is 23.2 Å². The minimum absolute atomic E-state index is 0.155. The summed E-state index contributed by atoms with van der Waals surface area (Å²) in [5.41, 5.74) is 2.13. The molecule has 1 aromatic heterocycles. The Labute approximate surface area is 188 Å². The molecule has 3 aromatic rings. The van der Waals surface area contributed by atoms with Gasteiger partial charge in [-0.15, -0.1) is 0 Å². The topological polar surface area (TPSA) is 89.8 Å². The first-order valence-electron chi connectivity index (χ1n) is 10.1. The van der Waals surface area contributed by atoms with Crippen LogP contribution >= 0.6 is 11.6 Å². The van der Waals surface area contributed by atoms with Gasteiger partial charge in [0.15, 0.2) is 6.61 Å². The molecule has 4 rings (SSSR count). The molecule has 0 spiro atoms. The number of carbonyl (C=O) groups is 2. The number of fused-ring (bicyclic) bond motifs is 3. The molecule has 1 aliphatic carbocycles. The third-order valence-corrected chi connectivity index (χ3v) is 5.84. The van der Waals surface area contributed by atoms with E-state index in [2.05, 4.69) is 5.32 Å². The van der Waals surface area contributed by atoms with Gasteiger partial charge in [0.1, 0.15) is 23.9 Å². The number of hydrogen-bond donors (Lipinski definition) is 2.